The van der Waals surface area contributed by atoms with Crippen LogP contribution in [0.3, 0.4) is 0 Å². The first kappa shape index (κ1) is 32.6. The van der Waals surface area contributed by atoms with Gasteiger partial charge in [-0.3, -0.25) is 43.5 Å². The van der Waals surface area contributed by atoms with E-state index in [4.69, 9.17) is 4.74 Å². The number of aromatic nitrogens is 2. The largest absolute Gasteiger partial charge is 0.428 e. The summed E-state index contributed by atoms with van der Waals surface area (Å²) in [4.78, 5) is 65.4. The number of carbonyl (C=O) groups excluding carboxylic acids is 4. The average Bonchev–Trinajstić information content (AvgIpc) is 3.33. The molecule has 0 saturated carbocycles. The van der Waals surface area contributed by atoms with E-state index in [0.717, 1.165) is 28.6 Å². The second-order valence-electron chi connectivity index (χ2n) is 8.28. The summed E-state index contributed by atoms with van der Waals surface area (Å²) in [7, 11) is -4.86. The number of sulfonamides is 2. The molecule has 41 heavy (non-hydrogen) atoms. The highest BCUT2D eigenvalue weighted by Crippen LogP contribution is 2.18. The Morgan fingerprint density at radius 3 is 2.15 bits per heavy atom. The molecule has 1 aliphatic rings. The second kappa shape index (κ2) is 13.7. The van der Waals surface area contributed by atoms with Crippen molar-refractivity contribution in [2.45, 2.75) is 19.4 Å². The summed E-state index contributed by atoms with van der Waals surface area (Å²) < 4.78 is 54.6. The van der Waals surface area contributed by atoms with Crippen molar-refractivity contribution in [2.24, 2.45) is 10.1 Å². The third kappa shape index (κ3) is 9.83. The molecule has 224 valence electrons. The lowest BCUT2D eigenvalue weighted by Crippen LogP contribution is -2.33. The minimum absolute atomic E-state index is 0.0662. The lowest BCUT2D eigenvalue weighted by molar-refractivity contribution is -0.126. The zero-order valence-electron chi connectivity index (χ0n) is 22.3. The van der Waals surface area contributed by atoms with E-state index in [2.05, 4.69) is 20.5 Å². The van der Waals surface area contributed by atoms with Gasteiger partial charge in [-0.25, -0.2) is 26.5 Å². The maximum absolute atomic E-state index is 12.9. The Kier molecular flexibility index (Phi) is 10.9. The van der Waals surface area contributed by atoms with Crippen LogP contribution in [0.5, 0.6) is 5.88 Å². The van der Waals surface area contributed by atoms with Crippen molar-refractivity contribution in [3.63, 3.8) is 0 Å². The second-order valence-corrected chi connectivity index (χ2v) is 11.8. The topological polar surface area (TPSA) is 248 Å². The maximum atomic E-state index is 12.9. The quantitative estimate of drug-likeness (QED) is 0.0995. The molecule has 0 aromatic carbocycles. The van der Waals surface area contributed by atoms with Gasteiger partial charge in [0.05, 0.1) is 31.2 Å². The molecule has 2 heterocycles. The lowest BCUT2D eigenvalue weighted by atomic mass is 10.1. The first-order valence-electron chi connectivity index (χ1n) is 11.5. The predicted molar refractivity (Wildman–Crippen MR) is 146 cm³/mol. The van der Waals surface area contributed by atoms with Crippen molar-refractivity contribution in [1.29, 1.82) is 0 Å². The average molecular weight is 617 g/mol. The number of hydrogen-bond acceptors (Lipinski definition) is 12. The summed E-state index contributed by atoms with van der Waals surface area (Å²) in [6.45, 7) is -0.561. The van der Waals surface area contributed by atoms with Gasteiger partial charge in [0.1, 0.15) is 5.56 Å². The van der Waals surface area contributed by atoms with Gasteiger partial charge in [0, 0.05) is 26.9 Å². The fraction of sp³-hybridized carbons (Fsp3) is 0.381. The first-order valence-corrected chi connectivity index (χ1v) is 15.3. The normalized spacial score (nSPS) is 15.0. The van der Waals surface area contributed by atoms with Gasteiger partial charge in [-0.1, -0.05) is 6.08 Å². The Labute approximate surface area is 234 Å². The standard InChI is InChI=1S/C21H28N8O10S2/c1-22-12-39-19-14(21(34)29(25-19)11-9-16(31)27-41(4,37)38)7-5-6-13-17(18(32)23-2)24-28(20(13)33)10-8-15(30)26-40(3,35)36/h5-7,12,25H,8-11H2,1-4H3,(H,23,32)(H,26,30)(H,27,31)/b7-5+,13-6-,22-12?. The number of hydrazone groups is 1. The number of allylic oxidation sites excluding steroid dienone is 2. The Morgan fingerprint density at radius 2 is 1.61 bits per heavy atom. The summed E-state index contributed by atoms with van der Waals surface area (Å²) in [5.41, 5.74) is -1.20. The van der Waals surface area contributed by atoms with E-state index in [1.807, 2.05) is 0 Å². The zero-order chi connectivity index (χ0) is 31.0. The van der Waals surface area contributed by atoms with E-state index in [0.29, 0.717) is 0 Å². The minimum atomic E-state index is -3.80. The highest BCUT2D eigenvalue weighted by molar-refractivity contribution is 7.89. The molecule has 1 aromatic heterocycles. The van der Waals surface area contributed by atoms with Gasteiger partial charge in [-0.05, 0) is 12.2 Å². The van der Waals surface area contributed by atoms with Gasteiger partial charge in [-0.15, -0.1) is 0 Å². The molecule has 0 unspecified atom stereocenters. The number of nitrogens with one attached hydrogen (secondary N) is 4. The monoisotopic (exact) mass is 616 g/mol. The Morgan fingerprint density at radius 1 is 1.02 bits per heavy atom. The van der Waals surface area contributed by atoms with Gasteiger partial charge in [0.15, 0.2) is 12.1 Å². The number of hydrogen-bond donors (Lipinski definition) is 4. The summed E-state index contributed by atoms with van der Waals surface area (Å²) in [5, 5.41) is 9.70. The van der Waals surface area contributed by atoms with Crippen LogP contribution in [0.1, 0.15) is 18.4 Å². The van der Waals surface area contributed by atoms with Gasteiger partial charge in [0.25, 0.3) is 17.4 Å². The summed E-state index contributed by atoms with van der Waals surface area (Å²) in [6, 6.07) is 0. The first-order chi connectivity index (χ1) is 19.1. The molecule has 1 aromatic rings. The number of ether oxygens (including phenoxy) is 1. The van der Waals surface area contributed by atoms with Crippen LogP contribution >= 0.6 is 0 Å². The molecule has 0 radical (unpaired) electrons. The third-order valence-corrected chi connectivity index (χ3v) is 6.05. The SMILES string of the molecule is CN=COc1[nH]n(CCC(=O)NS(C)(=O)=O)c(=O)c1/C=C/C=C1\C(=O)N(CCC(=O)NS(C)(=O)=O)N=C1C(=O)NC. The van der Waals surface area contributed by atoms with Gasteiger partial charge in [0.2, 0.25) is 37.7 Å². The minimum Gasteiger partial charge on any atom is -0.428 e. The molecule has 4 amide bonds. The molecule has 20 heteroatoms. The molecule has 0 spiro atoms. The number of H-pyrrole nitrogens is 1. The van der Waals surface area contributed by atoms with Crippen molar-refractivity contribution in [2.75, 3.05) is 33.2 Å². The molecule has 0 bridgehead atoms. The van der Waals surface area contributed by atoms with Crippen molar-refractivity contribution in [3.8, 4) is 5.88 Å². The van der Waals surface area contributed by atoms with E-state index in [9.17, 15) is 40.8 Å². The fourth-order valence-corrected chi connectivity index (χ4v) is 4.23. The van der Waals surface area contributed by atoms with Crippen LogP contribution in [0.2, 0.25) is 0 Å². The van der Waals surface area contributed by atoms with E-state index >= 15 is 0 Å². The van der Waals surface area contributed by atoms with Gasteiger partial charge >= 0.3 is 0 Å². The van der Waals surface area contributed by atoms with Crippen LogP contribution in [0, 0.1) is 0 Å². The van der Waals surface area contributed by atoms with Crippen LogP contribution in [0.15, 0.2) is 32.6 Å². The Bertz CT molecular complexity index is 1610. The van der Waals surface area contributed by atoms with Crippen molar-refractivity contribution in [1.82, 2.24) is 29.6 Å². The number of nitrogens with zero attached hydrogens (tertiary/aromatic N) is 4. The third-order valence-electron chi connectivity index (χ3n) is 4.85. The van der Waals surface area contributed by atoms with Gasteiger partial charge in [-0.2, -0.15) is 5.10 Å². The van der Waals surface area contributed by atoms with E-state index in [-0.39, 0.29) is 42.2 Å². The Hall–Kier alpha value is -4.59. The van der Waals surface area contributed by atoms with E-state index in [1.54, 1.807) is 9.44 Å². The van der Waals surface area contributed by atoms with E-state index in [1.165, 1.54) is 32.3 Å². The predicted octanol–water partition coefficient (Wildman–Crippen LogP) is -2.97. The smallest absolute Gasteiger partial charge is 0.277 e. The number of rotatable bonds is 13. The molecule has 1 aliphatic heterocycles. The molecule has 0 saturated heterocycles. The van der Waals surface area contributed by atoms with Crippen LogP contribution in [-0.4, -0.2) is 101 Å². The number of aliphatic imine (C=N–C) groups is 1. The molecule has 0 aliphatic carbocycles. The van der Waals surface area contributed by atoms with Gasteiger partial charge < -0.3 is 10.1 Å². The van der Waals surface area contributed by atoms with Crippen LogP contribution in [0.4, 0.5) is 0 Å². The summed E-state index contributed by atoms with van der Waals surface area (Å²) >= 11 is 0. The van der Waals surface area contributed by atoms with Crippen molar-refractivity contribution < 1.29 is 40.8 Å². The molecular formula is C21H28N8O10S2. The molecule has 0 atom stereocenters. The molecular weight excluding hydrogens is 588 g/mol. The molecule has 2 rings (SSSR count). The fourth-order valence-electron chi connectivity index (χ4n) is 3.20. The van der Waals surface area contributed by atoms with Crippen molar-refractivity contribution in [3.05, 3.63) is 33.6 Å². The highest BCUT2D eigenvalue weighted by atomic mass is 32.2. The lowest BCUT2D eigenvalue weighted by Gasteiger charge is -2.10. The number of carbonyl (C=O) groups is 4. The summed E-state index contributed by atoms with van der Waals surface area (Å²) in [5.74, 6) is -3.29. The van der Waals surface area contributed by atoms with Crippen LogP contribution in [0.25, 0.3) is 6.08 Å². The van der Waals surface area contributed by atoms with E-state index < -0.39 is 55.7 Å². The number of amides is 4. The van der Waals surface area contributed by atoms with Crippen molar-refractivity contribution >= 4 is 61.9 Å². The molecule has 18 nitrogen and oxygen atoms in total. The maximum Gasteiger partial charge on any atom is 0.277 e. The zero-order valence-corrected chi connectivity index (χ0v) is 24.0. The molecule has 4 N–H and O–H groups in total. The van der Waals surface area contributed by atoms with Crippen LogP contribution < -0.4 is 25.1 Å². The van der Waals surface area contributed by atoms with Crippen LogP contribution in [-0.2, 0) is 45.8 Å². The molecule has 0 fully saturated rings. The number of aromatic amines is 1. The number of aryl methyl sites for hydroxylation is 1. The Balaban J connectivity index is 2.31. The summed E-state index contributed by atoms with van der Waals surface area (Å²) in [6.07, 6.45) is 5.54. The highest BCUT2D eigenvalue weighted by Gasteiger charge is 2.33.